The summed E-state index contributed by atoms with van der Waals surface area (Å²) in [6, 6.07) is 12.4. The van der Waals surface area contributed by atoms with Gasteiger partial charge in [0, 0.05) is 55.6 Å². The lowest BCUT2D eigenvalue weighted by atomic mass is 10.1. The minimum Gasteiger partial charge on any atom is -0.335 e. The van der Waals surface area contributed by atoms with Gasteiger partial charge in [-0.15, -0.1) is 6.58 Å². The van der Waals surface area contributed by atoms with Crippen LogP contribution in [0.2, 0.25) is 0 Å². The summed E-state index contributed by atoms with van der Waals surface area (Å²) < 4.78 is 1.81. The molecule has 1 aliphatic heterocycles. The molecule has 0 radical (unpaired) electrons. The number of rotatable bonds is 5. The molecule has 2 amide bonds. The van der Waals surface area contributed by atoms with Crippen molar-refractivity contribution in [2.45, 2.75) is 19.5 Å². The van der Waals surface area contributed by atoms with Crippen molar-refractivity contribution >= 4 is 28.6 Å². The molecule has 7 heteroatoms. The van der Waals surface area contributed by atoms with E-state index in [0.717, 1.165) is 0 Å². The van der Waals surface area contributed by atoms with Crippen LogP contribution in [0.1, 0.15) is 27.6 Å². The number of carbonyl (C=O) groups excluding carboxylic acids is 3. The van der Waals surface area contributed by atoms with E-state index in [1.54, 1.807) is 52.5 Å². The zero-order chi connectivity index (χ0) is 22.0. The normalized spacial score (nSPS) is 16.4. The third-order valence-electron chi connectivity index (χ3n) is 5.59. The lowest BCUT2D eigenvalue weighted by Gasteiger charge is -2.39. The first kappa shape index (κ1) is 20.5. The predicted molar refractivity (Wildman–Crippen MR) is 118 cm³/mol. The molecule has 158 valence electrons. The first-order valence-corrected chi connectivity index (χ1v) is 10.3. The van der Waals surface area contributed by atoms with Crippen LogP contribution in [0.3, 0.4) is 0 Å². The molecule has 1 fully saturated rings. The molecular formula is C24H24N4O3. The van der Waals surface area contributed by atoms with Crippen molar-refractivity contribution in [3.05, 3.63) is 78.6 Å². The van der Waals surface area contributed by atoms with E-state index in [2.05, 4.69) is 11.6 Å². The van der Waals surface area contributed by atoms with Crippen LogP contribution in [0.5, 0.6) is 0 Å². The number of nitrogens with zero attached hydrogens (tertiary/aromatic N) is 4. The molecule has 0 saturated carbocycles. The van der Waals surface area contributed by atoms with Gasteiger partial charge < -0.3 is 14.4 Å². The smallest absolute Gasteiger partial charge is 0.295 e. The predicted octanol–water partition coefficient (Wildman–Crippen LogP) is 2.78. The van der Waals surface area contributed by atoms with Crippen molar-refractivity contribution in [2.24, 2.45) is 0 Å². The van der Waals surface area contributed by atoms with Crippen molar-refractivity contribution in [2.75, 3.05) is 19.6 Å². The van der Waals surface area contributed by atoms with Gasteiger partial charge in [0.1, 0.15) is 5.65 Å². The van der Waals surface area contributed by atoms with Crippen LogP contribution in [0.4, 0.5) is 0 Å². The zero-order valence-corrected chi connectivity index (χ0v) is 17.4. The number of hydrogen-bond acceptors (Lipinski definition) is 4. The first-order valence-electron chi connectivity index (χ1n) is 10.3. The maximum atomic E-state index is 13.1. The summed E-state index contributed by atoms with van der Waals surface area (Å²) in [6.07, 6.45) is 5.04. The third kappa shape index (κ3) is 3.86. The zero-order valence-electron chi connectivity index (χ0n) is 17.4. The number of fused-ring (bicyclic) bond motifs is 1. The number of benzene rings is 1. The molecule has 3 aromatic rings. The highest BCUT2D eigenvalue weighted by atomic mass is 16.2. The van der Waals surface area contributed by atoms with Gasteiger partial charge in [-0.3, -0.25) is 14.4 Å². The van der Waals surface area contributed by atoms with Gasteiger partial charge in [0.15, 0.2) is 0 Å². The second kappa shape index (κ2) is 8.55. The second-order valence-corrected chi connectivity index (χ2v) is 7.65. The third-order valence-corrected chi connectivity index (χ3v) is 5.59. The molecule has 0 N–H and O–H groups in total. The Morgan fingerprint density at radius 3 is 2.61 bits per heavy atom. The Labute approximate surface area is 180 Å². The number of pyridine rings is 1. The summed E-state index contributed by atoms with van der Waals surface area (Å²) in [5, 5.41) is 0.647. The molecule has 1 unspecified atom stereocenters. The summed E-state index contributed by atoms with van der Waals surface area (Å²) in [7, 11) is 0. The lowest BCUT2D eigenvalue weighted by molar-refractivity contribution is -0.130. The highest BCUT2D eigenvalue weighted by Gasteiger charge is 2.34. The minimum absolute atomic E-state index is 0.0653. The molecular weight excluding hydrogens is 392 g/mol. The van der Waals surface area contributed by atoms with Crippen LogP contribution in [0.25, 0.3) is 11.0 Å². The Hall–Kier alpha value is -3.74. The number of aromatic nitrogens is 2. The lowest BCUT2D eigenvalue weighted by Crippen LogP contribution is -2.56. The fourth-order valence-electron chi connectivity index (χ4n) is 4.03. The quantitative estimate of drug-likeness (QED) is 0.364. The van der Waals surface area contributed by atoms with Crippen molar-refractivity contribution < 1.29 is 14.4 Å². The van der Waals surface area contributed by atoms with Crippen molar-refractivity contribution in [1.82, 2.24) is 19.4 Å². The number of ketones is 1. The number of Topliss-reactive ketones (excluding diaryl/α,β-unsaturated/α-hetero) is 1. The van der Waals surface area contributed by atoms with E-state index in [0.29, 0.717) is 48.3 Å². The van der Waals surface area contributed by atoms with E-state index < -0.39 is 11.7 Å². The van der Waals surface area contributed by atoms with Gasteiger partial charge in [-0.05, 0) is 31.2 Å². The van der Waals surface area contributed by atoms with E-state index in [9.17, 15) is 14.4 Å². The van der Waals surface area contributed by atoms with Crippen LogP contribution in [0.15, 0.2) is 67.5 Å². The summed E-state index contributed by atoms with van der Waals surface area (Å²) in [5.41, 5.74) is 1.60. The Morgan fingerprint density at radius 2 is 1.90 bits per heavy atom. The molecule has 31 heavy (non-hydrogen) atoms. The minimum atomic E-state index is -0.560. The highest BCUT2D eigenvalue weighted by molar-refractivity contribution is 6.44. The molecule has 0 bridgehead atoms. The van der Waals surface area contributed by atoms with E-state index in [1.807, 2.05) is 29.7 Å². The van der Waals surface area contributed by atoms with Gasteiger partial charge >= 0.3 is 0 Å². The Morgan fingerprint density at radius 1 is 1.13 bits per heavy atom. The summed E-state index contributed by atoms with van der Waals surface area (Å²) >= 11 is 0. The number of carbonyl (C=O) groups is 3. The molecule has 1 atom stereocenters. The first-order chi connectivity index (χ1) is 15.0. The van der Waals surface area contributed by atoms with Gasteiger partial charge in [0.25, 0.3) is 17.6 Å². The molecule has 1 saturated heterocycles. The van der Waals surface area contributed by atoms with Crippen molar-refractivity contribution in [1.29, 1.82) is 0 Å². The molecule has 0 spiro atoms. The van der Waals surface area contributed by atoms with E-state index in [-0.39, 0.29) is 11.9 Å². The van der Waals surface area contributed by atoms with Crippen LogP contribution < -0.4 is 0 Å². The molecule has 4 rings (SSSR count). The Balaban J connectivity index is 1.52. The van der Waals surface area contributed by atoms with Gasteiger partial charge in [-0.25, -0.2) is 4.98 Å². The molecule has 2 aromatic heterocycles. The molecule has 7 nitrogen and oxygen atoms in total. The number of hydrogen-bond donors (Lipinski definition) is 0. The number of allylic oxidation sites excluding steroid dienone is 1. The number of piperazine rings is 1. The monoisotopic (exact) mass is 416 g/mol. The average molecular weight is 416 g/mol. The van der Waals surface area contributed by atoms with Gasteiger partial charge in [-0.2, -0.15) is 0 Å². The average Bonchev–Trinajstić information content (AvgIpc) is 3.17. The molecule has 1 aromatic carbocycles. The maximum Gasteiger partial charge on any atom is 0.295 e. The largest absolute Gasteiger partial charge is 0.335 e. The van der Waals surface area contributed by atoms with Crippen LogP contribution in [0, 0.1) is 0 Å². The molecule has 0 aliphatic carbocycles. The van der Waals surface area contributed by atoms with Gasteiger partial charge in [0.05, 0.1) is 5.56 Å². The van der Waals surface area contributed by atoms with E-state index in [4.69, 9.17) is 0 Å². The topological polar surface area (TPSA) is 75.5 Å². The Bertz CT molecular complexity index is 1150. The fraction of sp³-hybridized carbons (Fsp3) is 0.250. The summed E-state index contributed by atoms with van der Waals surface area (Å²) in [6.45, 7) is 7.17. The number of amides is 2. The van der Waals surface area contributed by atoms with Gasteiger partial charge in [0.2, 0.25) is 0 Å². The summed E-state index contributed by atoms with van der Waals surface area (Å²) in [5.74, 6) is -1.18. The molecule has 1 aliphatic rings. The highest BCUT2D eigenvalue weighted by Crippen LogP contribution is 2.22. The van der Waals surface area contributed by atoms with Crippen LogP contribution >= 0.6 is 0 Å². The van der Waals surface area contributed by atoms with E-state index >= 15 is 0 Å². The van der Waals surface area contributed by atoms with E-state index in [1.165, 1.54) is 0 Å². The standard InChI is InChI=1S/C24H24N4O3/c1-3-12-26-16-20(19-10-7-11-25-22(19)26)21(29)24(31)28-14-13-27(15-17(28)2)23(30)18-8-5-4-6-9-18/h3-11,16-17H,1,12-15H2,2H3. The molecule has 3 heterocycles. The Kier molecular flexibility index (Phi) is 5.66. The van der Waals surface area contributed by atoms with Crippen molar-refractivity contribution in [3.8, 4) is 0 Å². The fourth-order valence-corrected chi connectivity index (χ4v) is 4.03. The van der Waals surface area contributed by atoms with Gasteiger partial charge in [-0.1, -0.05) is 24.3 Å². The second-order valence-electron chi connectivity index (χ2n) is 7.65. The SMILES string of the molecule is C=CCn1cc(C(=O)C(=O)N2CCN(C(=O)c3ccccc3)CC2C)c2cccnc21. The van der Waals surface area contributed by atoms with Crippen LogP contribution in [-0.2, 0) is 11.3 Å². The maximum absolute atomic E-state index is 13.1. The van der Waals surface area contributed by atoms with Crippen LogP contribution in [-0.4, -0.2) is 62.6 Å². The van der Waals surface area contributed by atoms with Crippen molar-refractivity contribution in [3.63, 3.8) is 0 Å². The summed E-state index contributed by atoms with van der Waals surface area (Å²) in [4.78, 5) is 46.6.